The Morgan fingerprint density at radius 2 is 1.94 bits per heavy atom. The number of rotatable bonds is 3. The lowest BCUT2D eigenvalue weighted by Gasteiger charge is -2.33. The van der Waals surface area contributed by atoms with Crippen molar-refractivity contribution in [3.05, 3.63) is 24.3 Å². The maximum absolute atomic E-state index is 11.3. The van der Waals surface area contributed by atoms with E-state index in [9.17, 15) is 4.79 Å². The van der Waals surface area contributed by atoms with Crippen LogP contribution >= 0.6 is 0 Å². The van der Waals surface area contributed by atoms with Gasteiger partial charge in [-0.3, -0.25) is 0 Å². The lowest BCUT2D eigenvalue weighted by molar-refractivity contribution is -0.155. The molecule has 0 radical (unpaired) electrons. The van der Waals surface area contributed by atoms with Gasteiger partial charge in [0, 0.05) is 0 Å². The smallest absolute Gasteiger partial charge is 0.347 e. The van der Waals surface area contributed by atoms with E-state index in [0.29, 0.717) is 5.90 Å². The first-order chi connectivity index (χ1) is 8.65. The Hall–Kier alpha value is -2.04. The Bertz CT molecular complexity index is 466. The average molecular weight is 249 g/mol. The van der Waals surface area contributed by atoms with Crippen LogP contribution in [0.3, 0.4) is 0 Å². The number of ether oxygens (including phenoxy) is 3. The van der Waals surface area contributed by atoms with Gasteiger partial charge in [0.05, 0.1) is 25.8 Å². The molecule has 0 N–H and O–H groups in total. The molecule has 0 amide bonds. The molecule has 2 rings (SSSR count). The molecule has 5 heteroatoms. The van der Waals surface area contributed by atoms with Crippen LogP contribution in [0.1, 0.15) is 6.92 Å². The molecule has 0 saturated carbocycles. The summed E-state index contributed by atoms with van der Waals surface area (Å²) in [6.07, 6.45) is -0.535. The van der Waals surface area contributed by atoms with Gasteiger partial charge in [-0.15, -0.1) is 0 Å². The monoisotopic (exact) mass is 249 g/mol. The van der Waals surface area contributed by atoms with Crippen LogP contribution in [0.15, 0.2) is 29.3 Å². The summed E-state index contributed by atoms with van der Waals surface area (Å²) >= 11 is 0. The van der Waals surface area contributed by atoms with Crippen molar-refractivity contribution in [2.24, 2.45) is 10.9 Å². The van der Waals surface area contributed by atoms with E-state index < -0.39 is 6.10 Å². The molecule has 1 fully saturated rings. The van der Waals surface area contributed by atoms with E-state index in [4.69, 9.17) is 9.47 Å². The van der Waals surface area contributed by atoms with Crippen molar-refractivity contribution < 1.29 is 19.0 Å². The number of carbonyl (C=O) groups is 1. The van der Waals surface area contributed by atoms with Crippen LogP contribution in [0.5, 0.6) is 5.75 Å². The Kier molecular flexibility index (Phi) is 3.50. The fraction of sp³-hybridized carbons (Fsp3) is 0.385. The van der Waals surface area contributed by atoms with Crippen LogP contribution in [0.2, 0.25) is 0 Å². The molecule has 0 aliphatic carbocycles. The second-order valence-corrected chi connectivity index (χ2v) is 4.00. The Morgan fingerprint density at radius 3 is 2.44 bits per heavy atom. The molecule has 18 heavy (non-hydrogen) atoms. The first-order valence-corrected chi connectivity index (χ1v) is 5.63. The fourth-order valence-electron chi connectivity index (χ4n) is 1.68. The van der Waals surface area contributed by atoms with E-state index >= 15 is 0 Å². The van der Waals surface area contributed by atoms with Gasteiger partial charge in [0.2, 0.25) is 6.10 Å². The largest absolute Gasteiger partial charge is 0.497 e. The van der Waals surface area contributed by atoms with Gasteiger partial charge in [-0.25, -0.2) is 9.79 Å². The van der Waals surface area contributed by atoms with Gasteiger partial charge in [-0.1, -0.05) is 0 Å². The van der Waals surface area contributed by atoms with Crippen molar-refractivity contribution in [1.82, 2.24) is 0 Å². The molecular weight excluding hydrogens is 234 g/mol. The Morgan fingerprint density at radius 1 is 1.28 bits per heavy atom. The highest BCUT2D eigenvalue weighted by atomic mass is 16.6. The summed E-state index contributed by atoms with van der Waals surface area (Å²) in [5.74, 6) is 0.903. The summed E-state index contributed by atoms with van der Waals surface area (Å²) < 4.78 is 15.0. The van der Waals surface area contributed by atoms with E-state index in [-0.39, 0.29) is 11.9 Å². The standard InChI is InChI=1S/C13H15NO4/c1-8-11(13(15)17-3)18-12(8)14-9-4-6-10(16-2)7-5-9/h4-8,11H,1-3H3/t8-,11-/m1/s1. The highest BCUT2D eigenvalue weighted by Crippen LogP contribution is 2.27. The number of aliphatic imine (C=N–C) groups is 1. The lowest BCUT2D eigenvalue weighted by atomic mass is 9.99. The van der Waals surface area contributed by atoms with Gasteiger partial charge >= 0.3 is 5.97 Å². The average Bonchev–Trinajstić information content (AvgIpc) is 2.42. The third kappa shape index (κ3) is 2.30. The molecule has 1 heterocycles. The van der Waals surface area contributed by atoms with Crippen LogP contribution < -0.4 is 4.74 Å². The van der Waals surface area contributed by atoms with E-state index in [1.54, 1.807) is 7.11 Å². The fourth-order valence-corrected chi connectivity index (χ4v) is 1.68. The normalized spacial score (nSPS) is 24.1. The molecule has 1 aliphatic rings. The predicted octanol–water partition coefficient (Wildman–Crippen LogP) is 1.93. The molecule has 1 aliphatic heterocycles. The molecule has 0 unspecified atom stereocenters. The number of nitrogens with zero attached hydrogens (tertiary/aromatic N) is 1. The van der Waals surface area contributed by atoms with Crippen LogP contribution in [0, 0.1) is 5.92 Å². The van der Waals surface area contributed by atoms with Crippen molar-refractivity contribution in [1.29, 1.82) is 0 Å². The Labute approximate surface area is 105 Å². The third-order valence-corrected chi connectivity index (χ3v) is 2.84. The second-order valence-electron chi connectivity index (χ2n) is 4.00. The number of esters is 1. The minimum absolute atomic E-state index is 0.0560. The van der Waals surface area contributed by atoms with E-state index in [2.05, 4.69) is 9.73 Å². The number of hydrogen-bond donors (Lipinski definition) is 0. The van der Waals surface area contributed by atoms with Crippen molar-refractivity contribution in [2.45, 2.75) is 13.0 Å². The van der Waals surface area contributed by atoms with Crippen LogP contribution in [-0.4, -0.2) is 32.2 Å². The predicted molar refractivity (Wildman–Crippen MR) is 66.1 cm³/mol. The number of benzene rings is 1. The van der Waals surface area contributed by atoms with Crippen molar-refractivity contribution in [3.63, 3.8) is 0 Å². The highest BCUT2D eigenvalue weighted by Gasteiger charge is 2.42. The molecule has 1 aromatic carbocycles. The van der Waals surface area contributed by atoms with E-state index in [0.717, 1.165) is 11.4 Å². The summed E-state index contributed by atoms with van der Waals surface area (Å²) in [6.45, 7) is 1.88. The van der Waals surface area contributed by atoms with Crippen LogP contribution in [-0.2, 0) is 14.3 Å². The molecule has 0 bridgehead atoms. The maximum Gasteiger partial charge on any atom is 0.347 e. The highest BCUT2D eigenvalue weighted by molar-refractivity contribution is 5.95. The van der Waals surface area contributed by atoms with E-state index in [1.165, 1.54) is 7.11 Å². The van der Waals surface area contributed by atoms with Gasteiger partial charge in [-0.2, -0.15) is 0 Å². The molecule has 96 valence electrons. The number of carbonyl (C=O) groups excluding carboxylic acids is 1. The van der Waals surface area contributed by atoms with Gasteiger partial charge in [-0.05, 0) is 31.2 Å². The first-order valence-electron chi connectivity index (χ1n) is 5.63. The molecule has 0 spiro atoms. The molecule has 1 saturated heterocycles. The number of hydrogen-bond acceptors (Lipinski definition) is 5. The van der Waals surface area contributed by atoms with Crippen LogP contribution in [0.25, 0.3) is 0 Å². The van der Waals surface area contributed by atoms with Crippen molar-refractivity contribution in [3.8, 4) is 5.75 Å². The summed E-state index contributed by atoms with van der Waals surface area (Å²) in [5.41, 5.74) is 0.765. The zero-order valence-electron chi connectivity index (χ0n) is 10.5. The second kappa shape index (κ2) is 5.08. The minimum Gasteiger partial charge on any atom is -0.497 e. The lowest BCUT2D eigenvalue weighted by Crippen LogP contribution is -2.48. The van der Waals surface area contributed by atoms with E-state index in [1.807, 2.05) is 31.2 Å². The quantitative estimate of drug-likeness (QED) is 0.768. The SMILES string of the molecule is COC(=O)[C@@H]1OC(=Nc2ccc(OC)cc2)[C@@H]1C. The summed E-state index contributed by atoms with van der Waals surface area (Å²) in [6, 6.07) is 7.29. The summed E-state index contributed by atoms with van der Waals surface area (Å²) in [7, 11) is 2.95. The van der Waals surface area contributed by atoms with Gasteiger partial charge in [0.15, 0.2) is 5.90 Å². The van der Waals surface area contributed by atoms with Gasteiger partial charge < -0.3 is 14.2 Å². The topological polar surface area (TPSA) is 57.1 Å². The molecule has 1 aromatic rings. The number of methoxy groups -OCH3 is 2. The van der Waals surface area contributed by atoms with Crippen molar-refractivity contribution in [2.75, 3.05) is 14.2 Å². The maximum atomic E-state index is 11.3. The molecule has 5 nitrogen and oxygen atoms in total. The zero-order valence-corrected chi connectivity index (χ0v) is 10.5. The zero-order chi connectivity index (χ0) is 13.1. The van der Waals surface area contributed by atoms with Gasteiger partial charge in [0.1, 0.15) is 5.75 Å². The molecule has 0 aromatic heterocycles. The summed E-state index contributed by atoms with van der Waals surface area (Å²) in [4.78, 5) is 15.6. The minimum atomic E-state index is -0.535. The Balaban J connectivity index is 2.05. The third-order valence-electron chi connectivity index (χ3n) is 2.84. The summed E-state index contributed by atoms with van der Waals surface area (Å²) in [5, 5.41) is 0. The first kappa shape index (κ1) is 12.4. The van der Waals surface area contributed by atoms with Crippen molar-refractivity contribution >= 4 is 17.6 Å². The molecular formula is C13H15NO4. The molecule has 2 atom stereocenters. The van der Waals surface area contributed by atoms with Crippen LogP contribution in [0.4, 0.5) is 5.69 Å². The van der Waals surface area contributed by atoms with Gasteiger partial charge in [0.25, 0.3) is 0 Å².